The molecule has 1 saturated carbocycles. The maximum Gasteiger partial charge on any atom is 0.223 e. The number of nitrogens with one attached hydrogen (secondary N) is 1. The van der Waals surface area contributed by atoms with E-state index in [0.717, 1.165) is 29.7 Å². The minimum absolute atomic E-state index is 0.00912. The molecule has 0 bridgehead atoms. The molecule has 1 aromatic heterocycles. The van der Waals surface area contributed by atoms with E-state index in [0.29, 0.717) is 25.9 Å². The van der Waals surface area contributed by atoms with Crippen molar-refractivity contribution in [3.8, 4) is 0 Å². The van der Waals surface area contributed by atoms with E-state index >= 15 is 0 Å². The second kappa shape index (κ2) is 6.00. The van der Waals surface area contributed by atoms with Gasteiger partial charge in [-0.25, -0.2) is 9.37 Å². The fraction of sp³-hybridized carbons (Fsp3) is 0.500. The second-order valence-electron chi connectivity index (χ2n) is 6.85. The third-order valence-corrected chi connectivity index (χ3v) is 4.95. The first-order valence-electron chi connectivity index (χ1n) is 8.56. The van der Waals surface area contributed by atoms with Crippen LogP contribution in [0.4, 0.5) is 10.2 Å². The lowest BCUT2D eigenvalue weighted by Gasteiger charge is -2.37. The number of aromatic nitrogens is 2. The molecule has 0 unspecified atom stereocenters. The summed E-state index contributed by atoms with van der Waals surface area (Å²) >= 11 is 0. The summed E-state index contributed by atoms with van der Waals surface area (Å²) in [7, 11) is 0. The van der Waals surface area contributed by atoms with Crippen LogP contribution in [-0.2, 0) is 4.79 Å². The molecule has 1 aliphatic heterocycles. The van der Waals surface area contributed by atoms with Crippen molar-refractivity contribution < 1.29 is 9.18 Å². The lowest BCUT2D eigenvalue weighted by molar-refractivity contribution is -0.123. The number of halogens is 1. The molecule has 1 amide bonds. The number of hydrogen-bond donors (Lipinski definition) is 1. The van der Waals surface area contributed by atoms with E-state index in [1.165, 1.54) is 0 Å². The zero-order valence-corrected chi connectivity index (χ0v) is 13.5. The normalized spacial score (nSPS) is 20.1. The van der Waals surface area contributed by atoms with Crippen LogP contribution in [0.5, 0.6) is 0 Å². The summed E-state index contributed by atoms with van der Waals surface area (Å²) in [5, 5.41) is 2.77. The molecule has 0 spiro atoms. The summed E-state index contributed by atoms with van der Waals surface area (Å²) < 4.78 is 14.9. The molecule has 1 saturated heterocycles. The van der Waals surface area contributed by atoms with Crippen LogP contribution >= 0.6 is 0 Å². The maximum atomic E-state index is 14.9. The number of piperidine rings is 1. The highest BCUT2D eigenvalue weighted by Gasteiger charge is 2.37. The number of alkyl halides is 1. The molecule has 24 heavy (non-hydrogen) atoms. The van der Waals surface area contributed by atoms with Crippen LogP contribution in [0.2, 0.25) is 0 Å². The van der Waals surface area contributed by atoms with Crippen molar-refractivity contribution >= 4 is 22.8 Å². The third kappa shape index (κ3) is 3.18. The molecule has 0 atom stereocenters. The number of amides is 1. The number of nitrogens with zero attached hydrogens (tertiary/aromatic N) is 3. The Morgan fingerprint density at radius 1 is 1.25 bits per heavy atom. The number of para-hydroxylation sites is 2. The van der Waals surface area contributed by atoms with Crippen molar-refractivity contribution in [1.82, 2.24) is 15.3 Å². The van der Waals surface area contributed by atoms with E-state index in [1.807, 2.05) is 24.3 Å². The summed E-state index contributed by atoms with van der Waals surface area (Å²) in [6, 6.07) is 7.73. The summed E-state index contributed by atoms with van der Waals surface area (Å²) in [5.41, 5.74) is 0.398. The number of hydrogen-bond acceptors (Lipinski definition) is 4. The third-order valence-electron chi connectivity index (χ3n) is 4.95. The fourth-order valence-electron chi connectivity index (χ4n) is 3.15. The first-order valence-corrected chi connectivity index (χ1v) is 8.56. The molecule has 1 aromatic carbocycles. The number of rotatable bonds is 4. The molecule has 5 nitrogen and oxygen atoms in total. The highest BCUT2D eigenvalue weighted by Crippen LogP contribution is 2.31. The fourth-order valence-corrected chi connectivity index (χ4v) is 3.15. The molecule has 2 aromatic rings. The number of carbonyl (C=O) groups is 1. The Morgan fingerprint density at radius 3 is 2.67 bits per heavy atom. The SMILES string of the molecule is O=C(NCC1(F)CCN(c2cnc3ccccc3n2)CC1)C1CC1. The van der Waals surface area contributed by atoms with Crippen LogP contribution in [0.15, 0.2) is 30.5 Å². The van der Waals surface area contributed by atoms with Gasteiger partial charge >= 0.3 is 0 Å². The highest BCUT2D eigenvalue weighted by molar-refractivity contribution is 5.80. The predicted octanol–water partition coefficient (Wildman–Crippen LogP) is 2.46. The Bertz CT molecular complexity index is 754. The molecule has 2 aliphatic rings. The minimum Gasteiger partial charge on any atom is -0.355 e. The van der Waals surface area contributed by atoms with E-state index in [1.54, 1.807) is 6.20 Å². The summed E-state index contributed by atoms with van der Waals surface area (Å²) in [6.45, 7) is 1.30. The largest absolute Gasteiger partial charge is 0.355 e. The van der Waals surface area contributed by atoms with Crippen molar-refractivity contribution in [2.24, 2.45) is 5.92 Å². The monoisotopic (exact) mass is 328 g/mol. The van der Waals surface area contributed by atoms with Gasteiger partial charge in [-0.3, -0.25) is 9.78 Å². The zero-order chi connectivity index (χ0) is 16.6. The van der Waals surface area contributed by atoms with E-state index < -0.39 is 5.67 Å². The van der Waals surface area contributed by atoms with Gasteiger partial charge < -0.3 is 10.2 Å². The number of benzene rings is 1. The van der Waals surface area contributed by atoms with Gasteiger partial charge in [0.2, 0.25) is 5.91 Å². The molecule has 1 aliphatic carbocycles. The Labute approximate surface area is 140 Å². The first kappa shape index (κ1) is 15.3. The van der Waals surface area contributed by atoms with Crippen molar-refractivity contribution in [3.63, 3.8) is 0 Å². The van der Waals surface area contributed by atoms with Crippen LogP contribution in [0, 0.1) is 5.92 Å². The van der Waals surface area contributed by atoms with E-state index in [2.05, 4.69) is 20.2 Å². The van der Waals surface area contributed by atoms with Crippen LogP contribution in [0.25, 0.3) is 11.0 Å². The van der Waals surface area contributed by atoms with Crippen molar-refractivity contribution in [1.29, 1.82) is 0 Å². The summed E-state index contributed by atoms with van der Waals surface area (Å²) in [5.74, 6) is 0.925. The van der Waals surface area contributed by atoms with Gasteiger partial charge in [0.1, 0.15) is 11.5 Å². The second-order valence-corrected chi connectivity index (χ2v) is 6.85. The van der Waals surface area contributed by atoms with Crippen LogP contribution in [0.3, 0.4) is 0 Å². The molecule has 6 heteroatoms. The van der Waals surface area contributed by atoms with Gasteiger partial charge in [0.25, 0.3) is 0 Å². The summed E-state index contributed by atoms with van der Waals surface area (Å²) in [6.07, 6.45) is 4.43. The topological polar surface area (TPSA) is 58.1 Å². The highest BCUT2D eigenvalue weighted by atomic mass is 19.1. The molecule has 126 valence electrons. The van der Waals surface area contributed by atoms with E-state index in [9.17, 15) is 9.18 Å². The van der Waals surface area contributed by atoms with Gasteiger partial charge in [0, 0.05) is 31.8 Å². The number of carbonyl (C=O) groups excluding carboxylic acids is 1. The van der Waals surface area contributed by atoms with E-state index in [-0.39, 0.29) is 18.4 Å². The standard InChI is InChI=1S/C18H21FN4O/c19-18(12-21-17(24)13-5-6-13)7-9-23(10-8-18)16-11-20-14-3-1-2-4-15(14)22-16/h1-4,11,13H,5-10,12H2,(H,21,24). The molecular formula is C18H21FN4O. The first-order chi connectivity index (χ1) is 11.6. The van der Waals surface area contributed by atoms with Gasteiger partial charge in [0.15, 0.2) is 0 Å². The smallest absolute Gasteiger partial charge is 0.223 e. The van der Waals surface area contributed by atoms with E-state index in [4.69, 9.17) is 0 Å². The average molecular weight is 328 g/mol. The Kier molecular flexibility index (Phi) is 3.82. The number of fused-ring (bicyclic) bond motifs is 1. The van der Waals surface area contributed by atoms with Gasteiger partial charge in [-0.2, -0.15) is 0 Å². The molecule has 1 N–H and O–H groups in total. The lowest BCUT2D eigenvalue weighted by Crippen LogP contribution is -2.48. The Hall–Kier alpha value is -2.24. The molecule has 2 fully saturated rings. The average Bonchev–Trinajstić information content (AvgIpc) is 3.45. The molecule has 4 rings (SSSR count). The quantitative estimate of drug-likeness (QED) is 0.937. The van der Waals surface area contributed by atoms with Crippen molar-refractivity contribution in [3.05, 3.63) is 30.5 Å². The van der Waals surface area contributed by atoms with Gasteiger partial charge in [-0.15, -0.1) is 0 Å². The Balaban J connectivity index is 1.38. The van der Waals surface area contributed by atoms with Crippen LogP contribution in [-0.4, -0.2) is 41.2 Å². The van der Waals surface area contributed by atoms with Gasteiger partial charge in [-0.05, 0) is 25.0 Å². The van der Waals surface area contributed by atoms with Crippen LogP contribution < -0.4 is 10.2 Å². The predicted molar refractivity (Wildman–Crippen MR) is 90.6 cm³/mol. The van der Waals surface area contributed by atoms with Crippen molar-refractivity contribution in [2.75, 3.05) is 24.5 Å². The van der Waals surface area contributed by atoms with Gasteiger partial charge in [-0.1, -0.05) is 12.1 Å². The Morgan fingerprint density at radius 2 is 1.96 bits per heavy atom. The summed E-state index contributed by atoms with van der Waals surface area (Å²) in [4.78, 5) is 22.8. The molecular weight excluding hydrogens is 307 g/mol. The van der Waals surface area contributed by atoms with Gasteiger partial charge in [0.05, 0.1) is 23.8 Å². The molecule has 0 radical (unpaired) electrons. The van der Waals surface area contributed by atoms with Crippen molar-refractivity contribution in [2.45, 2.75) is 31.4 Å². The molecule has 2 heterocycles. The van der Waals surface area contributed by atoms with Crippen LogP contribution in [0.1, 0.15) is 25.7 Å². The lowest BCUT2D eigenvalue weighted by atomic mass is 9.93. The minimum atomic E-state index is -1.31. The maximum absolute atomic E-state index is 14.9. The number of anilines is 1. The zero-order valence-electron chi connectivity index (χ0n) is 13.5.